The van der Waals surface area contributed by atoms with E-state index in [9.17, 15) is 0 Å². The first-order valence-corrected chi connectivity index (χ1v) is 6.56. The number of ether oxygens (including phenoxy) is 1. The minimum atomic E-state index is 0.589. The first-order chi connectivity index (χ1) is 8.76. The van der Waals surface area contributed by atoms with Crippen molar-refractivity contribution in [3.63, 3.8) is 0 Å². The van der Waals surface area contributed by atoms with Crippen LogP contribution in [0.1, 0.15) is 12.7 Å². The standard InChI is InChI=1S/C13H18ClN3O/c1-2-18-8-7-17-12-9-10(14)3-4-11(12)16-13(17)5-6-15/h3-4,9H,2,5-8,15H2,1H3. The van der Waals surface area contributed by atoms with Gasteiger partial charge in [-0.25, -0.2) is 4.98 Å². The molecule has 18 heavy (non-hydrogen) atoms. The fraction of sp³-hybridized carbons (Fsp3) is 0.462. The largest absolute Gasteiger partial charge is 0.380 e. The van der Waals surface area contributed by atoms with E-state index in [1.165, 1.54) is 0 Å². The minimum Gasteiger partial charge on any atom is -0.380 e. The summed E-state index contributed by atoms with van der Waals surface area (Å²) >= 11 is 6.04. The molecule has 2 aromatic rings. The van der Waals surface area contributed by atoms with Gasteiger partial charge in [0.1, 0.15) is 5.82 Å². The Labute approximate surface area is 112 Å². The first-order valence-electron chi connectivity index (χ1n) is 6.18. The van der Waals surface area contributed by atoms with Crippen molar-refractivity contribution in [1.82, 2.24) is 9.55 Å². The highest BCUT2D eigenvalue weighted by Crippen LogP contribution is 2.21. The average Bonchev–Trinajstić information content (AvgIpc) is 2.68. The van der Waals surface area contributed by atoms with Gasteiger partial charge >= 0.3 is 0 Å². The lowest BCUT2D eigenvalue weighted by Gasteiger charge is -2.08. The molecule has 0 aliphatic carbocycles. The zero-order valence-electron chi connectivity index (χ0n) is 10.5. The number of nitrogens with two attached hydrogens (primary N) is 1. The van der Waals surface area contributed by atoms with Gasteiger partial charge in [0.15, 0.2) is 0 Å². The monoisotopic (exact) mass is 267 g/mol. The lowest BCUT2D eigenvalue weighted by molar-refractivity contribution is 0.139. The fourth-order valence-electron chi connectivity index (χ4n) is 2.02. The van der Waals surface area contributed by atoms with E-state index in [1.807, 2.05) is 25.1 Å². The molecule has 0 fully saturated rings. The first kappa shape index (κ1) is 13.3. The predicted molar refractivity (Wildman–Crippen MR) is 74.0 cm³/mol. The van der Waals surface area contributed by atoms with Gasteiger partial charge in [-0.1, -0.05) is 11.6 Å². The molecule has 0 spiro atoms. The van der Waals surface area contributed by atoms with Crippen LogP contribution in [-0.2, 0) is 17.7 Å². The van der Waals surface area contributed by atoms with Crippen LogP contribution in [0.15, 0.2) is 18.2 Å². The van der Waals surface area contributed by atoms with Crippen LogP contribution >= 0.6 is 11.6 Å². The van der Waals surface area contributed by atoms with Gasteiger partial charge in [-0.2, -0.15) is 0 Å². The molecule has 0 atom stereocenters. The van der Waals surface area contributed by atoms with Crippen LogP contribution < -0.4 is 5.73 Å². The molecule has 0 unspecified atom stereocenters. The summed E-state index contributed by atoms with van der Waals surface area (Å²) in [6.07, 6.45) is 0.762. The fourth-order valence-corrected chi connectivity index (χ4v) is 2.18. The number of hydrogen-bond acceptors (Lipinski definition) is 3. The van der Waals surface area contributed by atoms with Crippen LogP contribution in [-0.4, -0.2) is 29.3 Å². The lowest BCUT2D eigenvalue weighted by Crippen LogP contribution is -2.13. The van der Waals surface area contributed by atoms with E-state index in [0.29, 0.717) is 13.2 Å². The Morgan fingerprint density at radius 3 is 3.00 bits per heavy atom. The third kappa shape index (κ3) is 2.83. The van der Waals surface area contributed by atoms with E-state index in [4.69, 9.17) is 22.1 Å². The Hall–Kier alpha value is -1.10. The summed E-state index contributed by atoms with van der Waals surface area (Å²) in [5.74, 6) is 0.995. The van der Waals surface area contributed by atoms with Crippen molar-refractivity contribution in [3.8, 4) is 0 Å². The number of nitrogens with zero attached hydrogens (tertiary/aromatic N) is 2. The summed E-state index contributed by atoms with van der Waals surface area (Å²) in [5.41, 5.74) is 7.63. The molecule has 1 heterocycles. The number of rotatable bonds is 6. The summed E-state index contributed by atoms with van der Waals surface area (Å²) in [5, 5.41) is 0.722. The third-order valence-electron chi connectivity index (χ3n) is 2.82. The summed E-state index contributed by atoms with van der Waals surface area (Å²) in [6, 6.07) is 5.74. The van der Waals surface area contributed by atoms with Gasteiger partial charge in [0, 0.05) is 24.6 Å². The third-order valence-corrected chi connectivity index (χ3v) is 3.06. The van der Waals surface area contributed by atoms with Crippen molar-refractivity contribution < 1.29 is 4.74 Å². The molecule has 4 nitrogen and oxygen atoms in total. The normalized spacial score (nSPS) is 11.3. The molecule has 5 heteroatoms. The number of fused-ring (bicyclic) bond motifs is 1. The molecular formula is C13H18ClN3O. The molecule has 1 aromatic heterocycles. The van der Waals surface area contributed by atoms with E-state index in [2.05, 4.69) is 9.55 Å². The van der Waals surface area contributed by atoms with Gasteiger partial charge in [0.2, 0.25) is 0 Å². The molecule has 0 aliphatic rings. The van der Waals surface area contributed by atoms with E-state index in [-0.39, 0.29) is 0 Å². The topological polar surface area (TPSA) is 53.1 Å². The zero-order chi connectivity index (χ0) is 13.0. The maximum Gasteiger partial charge on any atom is 0.111 e. The SMILES string of the molecule is CCOCCn1c(CCN)nc2ccc(Cl)cc21. The van der Waals surface area contributed by atoms with Crippen LogP contribution in [0.25, 0.3) is 11.0 Å². The van der Waals surface area contributed by atoms with E-state index in [0.717, 1.165) is 41.5 Å². The Morgan fingerprint density at radius 2 is 2.28 bits per heavy atom. The molecule has 98 valence electrons. The molecule has 2 N–H and O–H groups in total. The Morgan fingerprint density at radius 1 is 1.44 bits per heavy atom. The molecule has 1 aromatic carbocycles. The van der Waals surface area contributed by atoms with Crippen LogP contribution in [0.4, 0.5) is 0 Å². The van der Waals surface area contributed by atoms with Crippen LogP contribution in [0, 0.1) is 0 Å². The Bertz CT molecular complexity index is 524. The van der Waals surface area contributed by atoms with Crippen molar-refractivity contribution in [2.24, 2.45) is 5.73 Å². The number of benzene rings is 1. The van der Waals surface area contributed by atoms with Gasteiger partial charge in [0.25, 0.3) is 0 Å². The second-order valence-corrected chi connectivity index (χ2v) is 4.48. The maximum atomic E-state index is 6.04. The number of imidazole rings is 1. The van der Waals surface area contributed by atoms with Crippen LogP contribution in [0.5, 0.6) is 0 Å². The van der Waals surface area contributed by atoms with Gasteiger partial charge in [-0.3, -0.25) is 0 Å². The van der Waals surface area contributed by atoms with Crippen molar-refractivity contribution in [3.05, 3.63) is 29.0 Å². The van der Waals surface area contributed by atoms with Crippen molar-refractivity contribution in [2.45, 2.75) is 19.9 Å². The van der Waals surface area contributed by atoms with E-state index >= 15 is 0 Å². The second-order valence-electron chi connectivity index (χ2n) is 4.05. The number of halogens is 1. The van der Waals surface area contributed by atoms with E-state index in [1.54, 1.807) is 0 Å². The van der Waals surface area contributed by atoms with E-state index < -0.39 is 0 Å². The molecule has 0 radical (unpaired) electrons. The summed E-state index contributed by atoms with van der Waals surface area (Å²) in [7, 11) is 0. The summed E-state index contributed by atoms with van der Waals surface area (Å²) in [6.45, 7) is 4.75. The van der Waals surface area contributed by atoms with Crippen molar-refractivity contribution in [2.75, 3.05) is 19.8 Å². The zero-order valence-corrected chi connectivity index (χ0v) is 11.3. The lowest BCUT2D eigenvalue weighted by atomic mass is 10.3. The highest BCUT2D eigenvalue weighted by Gasteiger charge is 2.10. The van der Waals surface area contributed by atoms with Crippen molar-refractivity contribution >= 4 is 22.6 Å². The molecule has 0 saturated heterocycles. The second kappa shape index (κ2) is 6.18. The van der Waals surface area contributed by atoms with Crippen LogP contribution in [0.2, 0.25) is 5.02 Å². The predicted octanol–water partition coefficient (Wildman–Crippen LogP) is 2.23. The van der Waals surface area contributed by atoms with Gasteiger partial charge in [0.05, 0.1) is 17.6 Å². The number of aromatic nitrogens is 2. The smallest absolute Gasteiger partial charge is 0.111 e. The van der Waals surface area contributed by atoms with Gasteiger partial charge < -0.3 is 15.0 Å². The molecule has 0 saturated carbocycles. The quantitative estimate of drug-likeness (QED) is 0.817. The Balaban J connectivity index is 2.36. The highest BCUT2D eigenvalue weighted by molar-refractivity contribution is 6.31. The van der Waals surface area contributed by atoms with Gasteiger partial charge in [-0.05, 0) is 31.7 Å². The molecule has 2 rings (SSSR count). The Kier molecular flexibility index (Phi) is 4.58. The van der Waals surface area contributed by atoms with Crippen molar-refractivity contribution in [1.29, 1.82) is 0 Å². The van der Waals surface area contributed by atoms with Crippen LogP contribution in [0.3, 0.4) is 0 Å². The summed E-state index contributed by atoms with van der Waals surface area (Å²) in [4.78, 5) is 4.59. The average molecular weight is 268 g/mol. The summed E-state index contributed by atoms with van der Waals surface area (Å²) < 4.78 is 7.55. The molecule has 0 bridgehead atoms. The van der Waals surface area contributed by atoms with Gasteiger partial charge in [-0.15, -0.1) is 0 Å². The highest BCUT2D eigenvalue weighted by atomic mass is 35.5. The molecule has 0 aliphatic heterocycles. The molecule has 0 amide bonds. The molecular weight excluding hydrogens is 250 g/mol. The number of hydrogen-bond donors (Lipinski definition) is 1. The maximum absolute atomic E-state index is 6.04. The minimum absolute atomic E-state index is 0.589.